The van der Waals surface area contributed by atoms with Gasteiger partial charge in [0.2, 0.25) is 11.5 Å². The molecule has 6 rings (SSSR count). The molecule has 4 heterocycles. The molecule has 238 valence electrons. The zero-order chi connectivity index (χ0) is 33.2. The van der Waals surface area contributed by atoms with Crippen LogP contribution in [0, 0.1) is 11.6 Å². The second kappa shape index (κ2) is 12.9. The van der Waals surface area contributed by atoms with Crippen molar-refractivity contribution in [1.82, 2.24) is 50.3 Å². The normalized spacial score (nSPS) is 12.1. The van der Waals surface area contributed by atoms with E-state index in [-0.39, 0.29) is 17.8 Å². The molecule has 0 saturated heterocycles. The highest BCUT2D eigenvalue weighted by molar-refractivity contribution is 6.30. The molecule has 0 bridgehead atoms. The van der Waals surface area contributed by atoms with Crippen LogP contribution in [0.3, 0.4) is 0 Å². The number of carbonyl (C=O) groups excluding carboxylic acids is 2. The van der Waals surface area contributed by atoms with E-state index < -0.39 is 23.5 Å². The number of aromatic nitrogens is 9. The quantitative estimate of drug-likeness (QED) is 0.130. The van der Waals surface area contributed by atoms with Gasteiger partial charge in [0.25, 0.3) is 5.02 Å². The third-order valence-electron chi connectivity index (χ3n) is 7.20. The summed E-state index contributed by atoms with van der Waals surface area (Å²) in [5.74, 6) is -0.632. The number of tetrazole rings is 1. The summed E-state index contributed by atoms with van der Waals surface area (Å²) in [5.41, 5.74) is 9.27. The van der Waals surface area contributed by atoms with Gasteiger partial charge >= 0.3 is 5.97 Å². The van der Waals surface area contributed by atoms with Crippen LogP contribution in [0.1, 0.15) is 33.5 Å². The van der Waals surface area contributed by atoms with Crippen molar-refractivity contribution in [1.29, 1.82) is 0 Å². The summed E-state index contributed by atoms with van der Waals surface area (Å²) in [6.07, 6.45) is 6.27. The number of aryl methyl sites for hydroxylation is 1. The number of methoxy groups -OCH3 is 1. The molecule has 1 amide bonds. The van der Waals surface area contributed by atoms with Gasteiger partial charge < -0.3 is 25.8 Å². The van der Waals surface area contributed by atoms with Crippen LogP contribution < -0.4 is 16.6 Å². The molecule has 2 aromatic carbocycles. The molecular weight excluding hydrogens is 649 g/mol. The van der Waals surface area contributed by atoms with E-state index in [0.717, 1.165) is 0 Å². The zero-order valence-electron chi connectivity index (χ0n) is 24.8. The molecular formula is C30H26Cl2N11O4+. The third-order valence-corrected chi connectivity index (χ3v) is 7.77. The average molecular weight is 676 g/mol. The maximum atomic E-state index is 13.4. The molecule has 1 atom stereocenters. The highest BCUT2D eigenvalue weighted by Gasteiger charge is 2.25. The number of esters is 1. The predicted octanol–water partition coefficient (Wildman–Crippen LogP) is 2.46. The number of aromatic amines is 2. The molecule has 0 saturated carbocycles. The van der Waals surface area contributed by atoms with E-state index in [2.05, 4.69) is 40.9 Å². The molecule has 5 N–H and O–H groups in total. The number of anilines is 1. The monoisotopic (exact) mass is 674 g/mol. The van der Waals surface area contributed by atoms with Crippen molar-refractivity contribution in [3.63, 3.8) is 0 Å². The number of hydrogen-bond donors (Lipinski definition) is 4. The number of pyridine rings is 1. The maximum absolute atomic E-state index is 13.4. The zero-order valence-corrected chi connectivity index (χ0v) is 26.3. The summed E-state index contributed by atoms with van der Waals surface area (Å²) in [5, 5.41) is 20.1. The number of hydrogen-bond acceptors (Lipinski definition) is 10. The summed E-state index contributed by atoms with van der Waals surface area (Å²) < 4.78 is 7.92. The number of rotatable bonds is 9. The summed E-state index contributed by atoms with van der Waals surface area (Å²) >= 11 is 11.7. The van der Waals surface area contributed by atoms with Crippen molar-refractivity contribution < 1.29 is 25.9 Å². The lowest BCUT2D eigenvalue weighted by molar-refractivity contribution is -0.290. The maximum Gasteiger partial charge on any atom is 0.338 e. The molecule has 17 heteroatoms. The third kappa shape index (κ3) is 6.61. The lowest BCUT2D eigenvalue weighted by atomic mass is 10.0. The first kappa shape index (κ1) is 31.2. The Labute approximate surface area is 275 Å². The van der Waals surface area contributed by atoms with Crippen LogP contribution in [0.5, 0.6) is 0 Å². The van der Waals surface area contributed by atoms with E-state index in [1.165, 1.54) is 30.3 Å². The van der Waals surface area contributed by atoms with Gasteiger partial charge in [-0.3, -0.25) is 14.3 Å². The molecule has 0 unspecified atom stereocenters. The Morgan fingerprint density at radius 1 is 1.19 bits per heavy atom. The lowest BCUT2D eigenvalue weighted by Crippen LogP contribution is -2.29. The average Bonchev–Trinajstić information content (AvgIpc) is 3.79. The Bertz CT molecular complexity index is 2220. The molecule has 15 nitrogen and oxygen atoms in total. The number of nitrogens with one attached hydrogen (secondary N) is 3. The Balaban J connectivity index is 1.34. The fraction of sp³-hybridized carbons (Fsp3) is 0.133. The Kier molecular flexibility index (Phi) is 8.56. The number of nitrogens with zero attached hydrogens (tertiary/aromatic N) is 7. The second-order valence-corrected chi connectivity index (χ2v) is 11.2. The molecule has 0 fully saturated rings. The van der Waals surface area contributed by atoms with Gasteiger partial charge in [-0.15, -0.1) is 5.10 Å². The van der Waals surface area contributed by atoms with Crippen molar-refractivity contribution >= 4 is 46.3 Å². The van der Waals surface area contributed by atoms with Crippen LogP contribution in [0.4, 0.5) is 5.82 Å². The first-order valence-corrected chi connectivity index (χ1v) is 14.7. The first-order chi connectivity index (χ1) is 22.6. The highest BCUT2D eigenvalue weighted by Crippen LogP contribution is 2.30. The largest absolute Gasteiger partial charge is 0.465 e. The van der Waals surface area contributed by atoms with Crippen molar-refractivity contribution in [3.8, 4) is 16.9 Å². The van der Waals surface area contributed by atoms with E-state index in [4.69, 9.17) is 33.7 Å². The van der Waals surface area contributed by atoms with Gasteiger partial charge in [-0.25, -0.2) is 9.78 Å². The van der Waals surface area contributed by atoms with E-state index in [1.54, 1.807) is 60.4 Å². The topological polar surface area (TPSA) is 204 Å². The van der Waals surface area contributed by atoms with Gasteiger partial charge in [-0.2, -0.15) is 9.78 Å². The van der Waals surface area contributed by atoms with Crippen molar-refractivity contribution in [2.24, 2.45) is 7.05 Å². The number of benzene rings is 2. The molecule has 0 aliphatic rings. The molecule has 4 aromatic heterocycles. The van der Waals surface area contributed by atoms with Crippen LogP contribution in [0.15, 0.2) is 65.9 Å². The number of carbonyl (C=O) groups is 2. The lowest BCUT2D eigenvalue weighted by Gasteiger charge is -2.14. The highest BCUT2D eigenvalue weighted by atomic mass is 35.5. The van der Waals surface area contributed by atoms with E-state index in [0.29, 0.717) is 55.0 Å². The van der Waals surface area contributed by atoms with Crippen LogP contribution >= 0.6 is 11.6 Å². The smallest absolute Gasteiger partial charge is 0.338 e. The summed E-state index contributed by atoms with van der Waals surface area (Å²) in [6, 6.07) is 10.6. The number of nitrogens with two attached hydrogens (primary N) is 1. The summed E-state index contributed by atoms with van der Waals surface area (Å²) in [7, 11) is 2.99. The van der Waals surface area contributed by atoms with Crippen LogP contribution in [0.2, 0.25) is 10.0 Å². The van der Waals surface area contributed by atoms with E-state index >= 15 is 0 Å². The van der Waals surface area contributed by atoms with Gasteiger partial charge in [0.05, 0.1) is 36.3 Å². The minimum absolute atomic E-state index is 0.0967. The second-order valence-electron chi connectivity index (χ2n) is 10.4. The van der Waals surface area contributed by atoms with Gasteiger partial charge in [0.15, 0.2) is 11.6 Å². The molecule has 0 aliphatic carbocycles. The predicted molar refractivity (Wildman–Crippen MR) is 169 cm³/mol. The van der Waals surface area contributed by atoms with Gasteiger partial charge in [0.1, 0.15) is 23.7 Å². The Hall–Kier alpha value is -5.80. The van der Waals surface area contributed by atoms with E-state index in [9.17, 15) is 14.4 Å². The van der Waals surface area contributed by atoms with Gasteiger partial charge in [0, 0.05) is 52.7 Å². The van der Waals surface area contributed by atoms with Crippen molar-refractivity contribution in [3.05, 3.63) is 104 Å². The molecule has 0 radical (unpaired) electrons. The summed E-state index contributed by atoms with van der Waals surface area (Å²) in [6.45, 7) is 0. The number of halogens is 2. The Morgan fingerprint density at radius 2 is 2.02 bits per heavy atom. The van der Waals surface area contributed by atoms with Crippen LogP contribution in [0.25, 0.3) is 33.9 Å². The number of fused-ring (bicyclic) bond motifs is 1. The molecule has 0 aliphatic heterocycles. The minimum atomic E-state index is -0.736. The molecule has 0 spiro atoms. The first-order valence-electron chi connectivity index (χ1n) is 13.9. The number of nitrogen functional groups attached to an aromatic ring is 1. The fourth-order valence-corrected chi connectivity index (χ4v) is 5.52. The number of ether oxygens (including phenoxy) is 1. The summed E-state index contributed by atoms with van der Waals surface area (Å²) in [4.78, 5) is 48.4. The Morgan fingerprint density at radius 3 is 2.74 bits per heavy atom. The van der Waals surface area contributed by atoms with Gasteiger partial charge in [-0.1, -0.05) is 17.7 Å². The van der Waals surface area contributed by atoms with Crippen molar-refractivity contribution in [2.45, 2.75) is 12.5 Å². The van der Waals surface area contributed by atoms with Gasteiger partial charge in [-0.05, 0) is 46.8 Å². The van der Waals surface area contributed by atoms with E-state index in [1.807, 2.05) is 0 Å². The standard InChI is InChI=1S/C30H25Cl2N11O4/c1-42-13-20(32)22(39-42)12-23(36-25(44)8-4-15-9-17(31)5-7-24(15)43-14-34-40-41-43)29-37-27(28(33)38-29)16-3-6-21-18(10-16)19(30(46)47-2)11-26(45)35-21/h3-11,13-14,23,32H,12H2,1-2H3,(H4-,33,35,36,37,38,40,41,44,45,46)/p+1/b8-4+/t23-/m0/s1. The number of imidazole rings is 1. The molecule has 47 heavy (non-hydrogen) atoms. The van der Waals surface area contributed by atoms with Crippen LogP contribution in [-0.2, 0) is 23.0 Å². The van der Waals surface area contributed by atoms with Crippen molar-refractivity contribution in [2.75, 3.05) is 12.8 Å². The molecule has 6 aromatic rings. The number of amides is 1. The van der Waals surface area contributed by atoms with Crippen LogP contribution in [-0.4, -0.2) is 63.9 Å². The fourth-order valence-electron chi connectivity index (χ4n) is 5.07. The number of H-pyrrole nitrogens is 2. The SMILES string of the molecule is COC(=O)c1cc(=O)[nH]c2ccc(-c3[nH]c([C@H](Cc4nn(C)cc4[ClH+])NC(=O)/C=C/c4cc(Cl)ccc4-n4cnnn4)nc3N)cc12. The minimum Gasteiger partial charge on any atom is -0.465 e.